The number of rotatable bonds is 5. The Balaban J connectivity index is 1.67. The highest BCUT2D eigenvalue weighted by atomic mass is 35.5. The minimum Gasteiger partial charge on any atom is -0.324 e. The first-order valence-corrected chi connectivity index (χ1v) is 12.0. The number of carbonyl (C=O) groups is 1. The number of halogens is 2. The molecule has 0 saturated carbocycles. The number of hydrogen-bond acceptors (Lipinski definition) is 5. The van der Waals surface area contributed by atoms with E-state index in [1.807, 2.05) is 17.6 Å². The molecule has 0 spiro atoms. The number of amides is 1. The quantitative estimate of drug-likeness (QED) is 0.433. The van der Waals surface area contributed by atoms with E-state index in [9.17, 15) is 13.2 Å². The summed E-state index contributed by atoms with van der Waals surface area (Å²) < 4.78 is 29.2. The first kappa shape index (κ1) is 21.9. The normalized spacial score (nSPS) is 11.7. The molecular formula is C20H14BCl2N3O3S2. The van der Waals surface area contributed by atoms with Crippen molar-refractivity contribution in [2.24, 2.45) is 0 Å². The Morgan fingerprint density at radius 1 is 1.16 bits per heavy atom. The van der Waals surface area contributed by atoms with Crippen LogP contribution in [0.2, 0.25) is 10.0 Å². The van der Waals surface area contributed by atoms with Gasteiger partial charge >= 0.3 is 0 Å². The summed E-state index contributed by atoms with van der Waals surface area (Å²) >= 11 is 13.2. The Labute approximate surface area is 194 Å². The molecule has 0 aliphatic heterocycles. The number of aromatic nitrogens is 2. The van der Waals surface area contributed by atoms with Crippen LogP contribution in [0.15, 0.2) is 52.7 Å². The lowest BCUT2D eigenvalue weighted by Gasteiger charge is -2.10. The lowest BCUT2D eigenvalue weighted by molar-refractivity contribution is 0.0981. The highest BCUT2D eigenvalue weighted by Crippen LogP contribution is 2.25. The second-order valence-electron chi connectivity index (χ2n) is 6.78. The number of hydrogen-bond donors (Lipinski definition) is 1. The number of carbonyl (C=O) groups excluding carboxylic acids is 1. The largest absolute Gasteiger partial charge is 0.324 e. The van der Waals surface area contributed by atoms with Crippen molar-refractivity contribution in [2.45, 2.75) is 17.7 Å². The third kappa shape index (κ3) is 4.50. The fraction of sp³-hybridized carbons (Fsp3) is 0.100. The molecular weight excluding hydrogens is 476 g/mol. The third-order valence-electron chi connectivity index (χ3n) is 4.64. The van der Waals surface area contributed by atoms with Crippen LogP contribution in [0.1, 0.15) is 21.7 Å². The minimum atomic E-state index is -4.02. The molecule has 1 amide bonds. The van der Waals surface area contributed by atoms with Gasteiger partial charge in [0.1, 0.15) is 17.9 Å². The predicted molar refractivity (Wildman–Crippen MR) is 124 cm³/mol. The van der Waals surface area contributed by atoms with Gasteiger partial charge in [0.2, 0.25) is 0 Å². The first-order chi connectivity index (χ1) is 14.6. The molecule has 0 bridgehead atoms. The van der Waals surface area contributed by atoms with Crippen LogP contribution in [0.3, 0.4) is 0 Å². The number of nitrogens with zero attached hydrogens (tertiary/aromatic N) is 2. The molecule has 4 aromatic rings. The van der Waals surface area contributed by atoms with E-state index in [1.165, 1.54) is 18.2 Å². The number of sulfonamides is 1. The van der Waals surface area contributed by atoms with E-state index < -0.39 is 15.9 Å². The van der Waals surface area contributed by atoms with Gasteiger partial charge in [0.25, 0.3) is 15.9 Å². The molecule has 6 nitrogen and oxygen atoms in total. The van der Waals surface area contributed by atoms with E-state index in [4.69, 9.17) is 31.0 Å². The summed E-state index contributed by atoms with van der Waals surface area (Å²) in [5.41, 5.74) is 2.37. The number of fused-ring (bicyclic) bond motifs is 1. The maximum atomic E-state index is 12.7. The molecule has 0 atom stereocenters. The SMILES string of the molecule is [B]c1ccc(S(=O)(=O)NC(=O)c2ccc3nc(C)n(Cc4ccc(Cl)cc4Cl)c3c2)s1. The molecule has 0 unspecified atom stereocenters. The average Bonchev–Trinajstić information content (AvgIpc) is 3.27. The molecule has 0 aliphatic rings. The Bertz CT molecular complexity index is 1430. The zero-order valence-electron chi connectivity index (χ0n) is 16.1. The van der Waals surface area contributed by atoms with Crippen LogP contribution in [-0.2, 0) is 16.6 Å². The third-order valence-corrected chi connectivity index (χ3v) is 7.96. The van der Waals surface area contributed by atoms with Crippen molar-refractivity contribution in [1.82, 2.24) is 14.3 Å². The van der Waals surface area contributed by atoms with Crippen LogP contribution < -0.4 is 9.50 Å². The Hall–Kier alpha value is -2.33. The summed E-state index contributed by atoms with van der Waals surface area (Å²) in [7, 11) is 1.58. The van der Waals surface area contributed by atoms with E-state index >= 15 is 0 Å². The summed E-state index contributed by atoms with van der Waals surface area (Å²) in [6.45, 7) is 2.26. The molecule has 2 heterocycles. The van der Waals surface area contributed by atoms with E-state index in [0.717, 1.165) is 22.7 Å². The molecule has 2 radical (unpaired) electrons. The lowest BCUT2D eigenvalue weighted by Crippen LogP contribution is -2.30. The highest BCUT2D eigenvalue weighted by molar-refractivity contribution is 7.92. The fourth-order valence-electron chi connectivity index (χ4n) is 3.11. The summed E-state index contributed by atoms with van der Waals surface area (Å²) in [5.74, 6) is -0.0240. The van der Waals surface area contributed by atoms with Gasteiger partial charge in [-0.05, 0) is 53.7 Å². The van der Waals surface area contributed by atoms with Gasteiger partial charge in [0.15, 0.2) is 0 Å². The van der Waals surface area contributed by atoms with Gasteiger partial charge in [-0.3, -0.25) is 4.79 Å². The standard InChI is InChI=1S/C20H14BCl2N3O3S2/c1-11-24-16-5-3-12(20(27)25-31(28,29)19-7-6-18(21)30-19)8-17(16)26(11)10-13-2-4-14(22)9-15(13)23/h2-9H,10H2,1H3,(H,25,27). The van der Waals surface area contributed by atoms with Gasteiger partial charge in [-0.15, -0.1) is 11.3 Å². The molecule has 2 aromatic heterocycles. The molecule has 31 heavy (non-hydrogen) atoms. The van der Waals surface area contributed by atoms with Crippen molar-refractivity contribution in [3.63, 3.8) is 0 Å². The maximum Gasteiger partial charge on any atom is 0.273 e. The van der Waals surface area contributed by atoms with E-state index in [2.05, 4.69) is 9.71 Å². The van der Waals surface area contributed by atoms with Crippen molar-refractivity contribution in [2.75, 3.05) is 0 Å². The molecule has 0 aliphatic carbocycles. The summed E-state index contributed by atoms with van der Waals surface area (Å²) in [6, 6.07) is 12.9. The maximum absolute atomic E-state index is 12.7. The van der Waals surface area contributed by atoms with Gasteiger partial charge in [-0.2, -0.15) is 0 Å². The second kappa shape index (κ2) is 8.31. The molecule has 11 heteroatoms. The van der Waals surface area contributed by atoms with Crippen molar-refractivity contribution < 1.29 is 13.2 Å². The smallest absolute Gasteiger partial charge is 0.273 e. The average molecular weight is 490 g/mol. The Morgan fingerprint density at radius 3 is 2.61 bits per heavy atom. The molecule has 2 aromatic carbocycles. The fourth-order valence-corrected chi connectivity index (χ4v) is 5.65. The second-order valence-corrected chi connectivity index (χ2v) is 10.6. The van der Waals surface area contributed by atoms with Crippen LogP contribution in [-0.4, -0.2) is 31.7 Å². The summed E-state index contributed by atoms with van der Waals surface area (Å²) in [4.78, 5) is 17.2. The van der Waals surface area contributed by atoms with Crippen LogP contribution in [0.5, 0.6) is 0 Å². The van der Waals surface area contributed by atoms with Gasteiger partial charge in [-0.1, -0.05) is 35.3 Å². The summed E-state index contributed by atoms with van der Waals surface area (Å²) in [6.07, 6.45) is 0. The van der Waals surface area contributed by atoms with Gasteiger partial charge in [0.05, 0.1) is 17.6 Å². The first-order valence-electron chi connectivity index (χ1n) is 8.97. The van der Waals surface area contributed by atoms with Crippen molar-refractivity contribution in [1.29, 1.82) is 0 Å². The monoisotopic (exact) mass is 489 g/mol. The zero-order valence-corrected chi connectivity index (χ0v) is 19.2. The van der Waals surface area contributed by atoms with Gasteiger partial charge in [0, 0.05) is 15.6 Å². The number of imidazole rings is 1. The molecule has 0 saturated heterocycles. The van der Waals surface area contributed by atoms with Crippen LogP contribution >= 0.6 is 34.5 Å². The van der Waals surface area contributed by atoms with Crippen LogP contribution in [0, 0.1) is 6.92 Å². The molecule has 4 rings (SSSR count). The molecule has 156 valence electrons. The molecule has 1 N–H and O–H groups in total. The summed E-state index contributed by atoms with van der Waals surface area (Å²) in [5, 5.41) is 1.05. The van der Waals surface area contributed by atoms with Crippen LogP contribution in [0.25, 0.3) is 11.0 Å². The van der Waals surface area contributed by atoms with Crippen molar-refractivity contribution in [3.8, 4) is 0 Å². The van der Waals surface area contributed by atoms with Crippen molar-refractivity contribution in [3.05, 3.63) is 75.5 Å². The van der Waals surface area contributed by atoms with E-state index in [-0.39, 0.29) is 9.77 Å². The zero-order chi connectivity index (χ0) is 22.3. The van der Waals surface area contributed by atoms with Gasteiger partial charge in [-0.25, -0.2) is 18.1 Å². The lowest BCUT2D eigenvalue weighted by atomic mass is 10.1. The number of nitrogens with one attached hydrogen (secondary N) is 1. The topological polar surface area (TPSA) is 81.1 Å². The van der Waals surface area contributed by atoms with Crippen LogP contribution in [0.4, 0.5) is 0 Å². The molecule has 0 fully saturated rings. The Kier molecular flexibility index (Phi) is 5.87. The number of aryl methyl sites for hydroxylation is 1. The number of thiophene rings is 1. The highest BCUT2D eigenvalue weighted by Gasteiger charge is 2.21. The predicted octanol–water partition coefficient (Wildman–Crippen LogP) is 3.67. The Morgan fingerprint density at radius 2 is 1.94 bits per heavy atom. The minimum absolute atomic E-state index is 0.0299. The van der Waals surface area contributed by atoms with E-state index in [1.54, 1.807) is 24.3 Å². The number of benzene rings is 2. The van der Waals surface area contributed by atoms with Gasteiger partial charge < -0.3 is 4.57 Å². The van der Waals surface area contributed by atoms with Crippen molar-refractivity contribution >= 4 is 74.1 Å². The van der Waals surface area contributed by atoms with E-state index in [0.29, 0.717) is 32.4 Å².